The molecule has 0 aliphatic rings. The number of nitrogens with zero attached hydrogens (tertiary/aromatic N) is 4. The number of nitrogens with one attached hydrogen (secondary N) is 2. The Labute approximate surface area is 126 Å². The summed E-state index contributed by atoms with van der Waals surface area (Å²) in [5, 5.41) is 11.6. The number of aromatic nitrogens is 4. The minimum atomic E-state index is -1.03. The van der Waals surface area contributed by atoms with Crippen LogP contribution in [0.4, 0.5) is 5.82 Å². The molecule has 2 rings (SSSR count). The third-order valence-corrected chi connectivity index (χ3v) is 3.16. The molecule has 0 saturated carbocycles. The van der Waals surface area contributed by atoms with Crippen molar-refractivity contribution in [1.29, 1.82) is 0 Å². The molecule has 2 aromatic heterocycles. The molecule has 118 valence electrons. The molecule has 0 fully saturated rings. The zero-order valence-corrected chi connectivity index (χ0v) is 12.4. The van der Waals surface area contributed by atoms with Crippen LogP contribution in [0, 0.1) is 0 Å². The van der Waals surface area contributed by atoms with E-state index in [0.717, 1.165) is 0 Å². The van der Waals surface area contributed by atoms with Crippen LogP contribution in [0.25, 0.3) is 11.2 Å². The van der Waals surface area contributed by atoms with Crippen LogP contribution < -0.4 is 10.2 Å². The summed E-state index contributed by atoms with van der Waals surface area (Å²) >= 11 is 0. The molecule has 0 aliphatic heterocycles. The first-order chi connectivity index (χ1) is 10.5. The van der Waals surface area contributed by atoms with E-state index in [2.05, 4.69) is 25.3 Å². The Morgan fingerprint density at radius 3 is 2.86 bits per heavy atom. The van der Waals surface area contributed by atoms with Crippen molar-refractivity contribution in [2.75, 3.05) is 18.5 Å². The van der Waals surface area contributed by atoms with Crippen LogP contribution in [0.5, 0.6) is 0 Å². The molecular weight excluding hydrogens is 288 g/mol. The molecule has 3 N–H and O–H groups in total. The van der Waals surface area contributed by atoms with E-state index in [9.17, 15) is 9.59 Å². The van der Waals surface area contributed by atoms with Crippen molar-refractivity contribution in [2.24, 2.45) is 0 Å². The topological polar surface area (TPSA) is 124 Å². The van der Waals surface area contributed by atoms with Crippen LogP contribution >= 0.6 is 0 Å². The largest absolute Gasteiger partial charge is 0.480 e. The van der Waals surface area contributed by atoms with Crippen LogP contribution in [0.15, 0.2) is 12.7 Å². The molecule has 2 heterocycles. The van der Waals surface area contributed by atoms with Crippen LogP contribution in [0.1, 0.15) is 19.8 Å². The average Bonchev–Trinajstić information content (AvgIpc) is 2.94. The standard InChI is InChI=1S/C13H18N6O3/c1-3-4-8(13(21)22)18-9(20)5-19(2)12-10-11(15-6-14-10)16-7-17-12/h6-8H,3-5H2,1-2H3,(H,18,20)(H,21,22)(H,14,15,16,17). The normalized spacial score (nSPS) is 12.1. The predicted octanol–water partition coefficient (Wildman–Crippen LogP) is 0.159. The Kier molecular flexibility index (Phi) is 4.87. The van der Waals surface area contributed by atoms with Gasteiger partial charge in [-0.15, -0.1) is 0 Å². The fourth-order valence-electron chi connectivity index (χ4n) is 2.12. The quantitative estimate of drug-likeness (QED) is 0.665. The number of imidazole rings is 1. The van der Waals surface area contributed by atoms with E-state index < -0.39 is 12.0 Å². The minimum absolute atomic E-state index is 0.0153. The van der Waals surface area contributed by atoms with Gasteiger partial charge in [-0.2, -0.15) is 0 Å². The highest BCUT2D eigenvalue weighted by Gasteiger charge is 2.20. The number of amides is 1. The Morgan fingerprint density at radius 2 is 2.18 bits per heavy atom. The summed E-state index contributed by atoms with van der Waals surface area (Å²) in [6.45, 7) is 1.85. The van der Waals surface area contributed by atoms with E-state index in [0.29, 0.717) is 29.8 Å². The molecule has 1 atom stereocenters. The number of aliphatic carboxylic acids is 1. The molecule has 0 aromatic carbocycles. The number of carbonyl (C=O) groups is 2. The van der Waals surface area contributed by atoms with Crippen molar-refractivity contribution >= 4 is 28.9 Å². The van der Waals surface area contributed by atoms with E-state index >= 15 is 0 Å². The third-order valence-electron chi connectivity index (χ3n) is 3.16. The summed E-state index contributed by atoms with van der Waals surface area (Å²) in [6, 6.07) is -0.872. The number of carboxylic acids is 1. The first-order valence-electron chi connectivity index (χ1n) is 6.90. The van der Waals surface area contributed by atoms with E-state index in [4.69, 9.17) is 5.11 Å². The van der Waals surface area contributed by atoms with Gasteiger partial charge >= 0.3 is 5.97 Å². The van der Waals surface area contributed by atoms with Crippen LogP contribution in [0.2, 0.25) is 0 Å². The van der Waals surface area contributed by atoms with Crippen molar-refractivity contribution in [1.82, 2.24) is 25.3 Å². The first-order valence-corrected chi connectivity index (χ1v) is 6.90. The molecular formula is C13H18N6O3. The maximum Gasteiger partial charge on any atom is 0.326 e. The Bertz CT molecular complexity index is 671. The van der Waals surface area contributed by atoms with Gasteiger partial charge in [0.2, 0.25) is 5.91 Å². The number of carbonyl (C=O) groups excluding carboxylic acids is 1. The number of carboxylic acid groups (broad SMARTS) is 1. The van der Waals surface area contributed by atoms with Gasteiger partial charge in [0.15, 0.2) is 11.5 Å². The molecule has 22 heavy (non-hydrogen) atoms. The number of anilines is 1. The van der Waals surface area contributed by atoms with Gasteiger partial charge in [-0.25, -0.2) is 19.7 Å². The number of likely N-dealkylation sites (N-methyl/N-ethyl adjacent to an activating group) is 1. The average molecular weight is 306 g/mol. The van der Waals surface area contributed by atoms with Crippen molar-refractivity contribution in [3.05, 3.63) is 12.7 Å². The molecule has 2 aromatic rings. The minimum Gasteiger partial charge on any atom is -0.480 e. The second-order valence-electron chi connectivity index (χ2n) is 4.90. The van der Waals surface area contributed by atoms with Crippen molar-refractivity contribution < 1.29 is 14.7 Å². The molecule has 9 nitrogen and oxygen atoms in total. The summed E-state index contributed by atoms with van der Waals surface area (Å²) < 4.78 is 0. The zero-order valence-electron chi connectivity index (χ0n) is 12.4. The highest BCUT2D eigenvalue weighted by Crippen LogP contribution is 2.17. The van der Waals surface area contributed by atoms with Gasteiger partial charge in [0.1, 0.15) is 17.9 Å². The lowest BCUT2D eigenvalue weighted by Crippen LogP contribution is -2.45. The van der Waals surface area contributed by atoms with Gasteiger partial charge in [-0.05, 0) is 6.42 Å². The number of fused-ring (bicyclic) bond motifs is 1. The fraction of sp³-hybridized carbons (Fsp3) is 0.462. The molecule has 1 amide bonds. The van der Waals surface area contributed by atoms with Gasteiger partial charge in [0.05, 0.1) is 12.9 Å². The van der Waals surface area contributed by atoms with Gasteiger partial charge in [-0.3, -0.25) is 4.79 Å². The Hall–Kier alpha value is -2.71. The molecule has 1 unspecified atom stereocenters. The van der Waals surface area contributed by atoms with Crippen LogP contribution in [-0.4, -0.2) is 56.6 Å². The monoisotopic (exact) mass is 306 g/mol. The van der Waals surface area contributed by atoms with E-state index in [1.165, 1.54) is 12.7 Å². The summed E-state index contributed by atoms with van der Waals surface area (Å²) in [7, 11) is 1.69. The summed E-state index contributed by atoms with van der Waals surface area (Å²) in [5.74, 6) is -0.884. The summed E-state index contributed by atoms with van der Waals surface area (Å²) in [4.78, 5) is 39.8. The molecule has 0 radical (unpaired) electrons. The maximum atomic E-state index is 12.0. The molecule has 0 spiro atoms. The second kappa shape index (κ2) is 6.83. The number of hydrogen-bond donors (Lipinski definition) is 3. The van der Waals surface area contributed by atoms with Gasteiger partial charge < -0.3 is 20.3 Å². The molecule has 0 saturated heterocycles. The summed E-state index contributed by atoms with van der Waals surface area (Å²) in [6.07, 6.45) is 3.93. The number of aromatic amines is 1. The molecule has 9 heteroatoms. The lowest BCUT2D eigenvalue weighted by Gasteiger charge is -2.19. The van der Waals surface area contributed by atoms with Crippen molar-refractivity contribution in [3.8, 4) is 0 Å². The Morgan fingerprint density at radius 1 is 1.41 bits per heavy atom. The molecule has 0 aliphatic carbocycles. The van der Waals surface area contributed by atoms with Gasteiger partial charge in [0.25, 0.3) is 0 Å². The van der Waals surface area contributed by atoms with Gasteiger partial charge in [0, 0.05) is 7.05 Å². The van der Waals surface area contributed by atoms with Crippen LogP contribution in [-0.2, 0) is 9.59 Å². The van der Waals surface area contributed by atoms with Crippen LogP contribution in [0.3, 0.4) is 0 Å². The van der Waals surface area contributed by atoms with Crippen molar-refractivity contribution in [2.45, 2.75) is 25.8 Å². The second-order valence-corrected chi connectivity index (χ2v) is 4.90. The number of rotatable bonds is 7. The van der Waals surface area contributed by atoms with E-state index in [-0.39, 0.29) is 12.5 Å². The third kappa shape index (κ3) is 3.48. The highest BCUT2D eigenvalue weighted by molar-refractivity contribution is 5.89. The predicted molar refractivity (Wildman–Crippen MR) is 79.4 cm³/mol. The lowest BCUT2D eigenvalue weighted by molar-refractivity contribution is -0.141. The van der Waals surface area contributed by atoms with Crippen molar-refractivity contribution in [3.63, 3.8) is 0 Å². The fourth-order valence-corrected chi connectivity index (χ4v) is 2.12. The van der Waals surface area contributed by atoms with E-state index in [1.807, 2.05) is 6.92 Å². The number of H-pyrrole nitrogens is 1. The first kappa shape index (κ1) is 15.7. The van der Waals surface area contributed by atoms with E-state index in [1.54, 1.807) is 11.9 Å². The number of hydrogen-bond acceptors (Lipinski definition) is 6. The lowest BCUT2D eigenvalue weighted by atomic mass is 10.1. The smallest absolute Gasteiger partial charge is 0.326 e. The van der Waals surface area contributed by atoms with Gasteiger partial charge in [-0.1, -0.05) is 13.3 Å². The highest BCUT2D eigenvalue weighted by atomic mass is 16.4. The molecule has 0 bridgehead atoms. The maximum absolute atomic E-state index is 12.0. The summed E-state index contributed by atoms with van der Waals surface area (Å²) in [5.41, 5.74) is 1.13. The SMILES string of the molecule is CCCC(NC(=O)CN(C)c1ncnc2nc[nH]c12)C(=O)O. The zero-order chi connectivity index (χ0) is 16.1. The Balaban J connectivity index is 2.05.